The lowest BCUT2D eigenvalue weighted by molar-refractivity contribution is 0.624. The molecule has 122 valence electrons. The highest BCUT2D eigenvalue weighted by Gasteiger charge is 2.08. The molecule has 1 heterocycles. The van der Waals surface area contributed by atoms with Crippen molar-refractivity contribution in [2.75, 3.05) is 6.26 Å². The fourth-order valence-corrected chi connectivity index (χ4v) is 4.18. The van der Waals surface area contributed by atoms with E-state index in [2.05, 4.69) is 9.97 Å². The Morgan fingerprint density at radius 3 is 1.67 bits per heavy atom. The van der Waals surface area contributed by atoms with Gasteiger partial charge in [0.25, 0.3) is 0 Å². The van der Waals surface area contributed by atoms with Gasteiger partial charge in [0.2, 0.25) is 0 Å². The van der Waals surface area contributed by atoms with Gasteiger partial charge < -0.3 is 0 Å². The third kappa shape index (κ3) is 4.72. The third-order valence-corrected chi connectivity index (χ3v) is 5.24. The second-order valence-electron chi connectivity index (χ2n) is 4.65. The van der Waals surface area contributed by atoms with Gasteiger partial charge in [0.15, 0.2) is 5.16 Å². The maximum atomic E-state index is 13.3. The first-order valence-corrected chi connectivity index (χ1v) is 9.78. The number of thioether (sulfide) groups is 1. The van der Waals surface area contributed by atoms with E-state index >= 15 is 0 Å². The van der Waals surface area contributed by atoms with E-state index in [-0.39, 0.29) is 11.6 Å². The summed E-state index contributed by atoms with van der Waals surface area (Å²) in [7, 11) is 0. The monoisotopic (exact) mass is 378 g/mol. The smallest absolute Gasteiger partial charge is 0.189 e. The lowest BCUT2D eigenvalue weighted by atomic mass is 10.4. The predicted octanol–water partition coefficient (Wildman–Crippen LogP) is 5.78. The standard InChI is InChI=1S/C17H12F2N2S3/c1-22-17-20-15(23-13-6-2-4-11(18)8-13)10-16(21-17)24-14-7-3-5-12(19)9-14/h2-10H,1H3. The van der Waals surface area contributed by atoms with Gasteiger partial charge in [-0.25, -0.2) is 18.7 Å². The number of hydrogen-bond donors (Lipinski definition) is 0. The van der Waals surface area contributed by atoms with E-state index in [0.717, 1.165) is 19.8 Å². The molecular formula is C17H12F2N2S3. The van der Waals surface area contributed by atoms with Crippen LogP contribution in [0, 0.1) is 11.6 Å². The second kappa shape index (κ2) is 8.00. The summed E-state index contributed by atoms with van der Waals surface area (Å²) in [6.07, 6.45) is 1.89. The Balaban J connectivity index is 1.87. The Labute approximate surface area is 151 Å². The Morgan fingerprint density at radius 2 is 1.25 bits per heavy atom. The molecule has 0 aliphatic rings. The van der Waals surface area contributed by atoms with E-state index in [4.69, 9.17) is 0 Å². The van der Waals surface area contributed by atoms with E-state index < -0.39 is 0 Å². The van der Waals surface area contributed by atoms with Gasteiger partial charge in [-0.05, 0) is 42.7 Å². The summed E-state index contributed by atoms with van der Waals surface area (Å²) in [5.41, 5.74) is 0. The summed E-state index contributed by atoms with van der Waals surface area (Å²) in [4.78, 5) is 10.4. The molecular weight excluding hydrogens is 366 g/mol. The molecule has 7 heteroatoms. The van der Waals surface area contributed by atoms with Gasteiger partial charge in [-0.2, -0.15) is 0 Å². The van der Waals surface area contributed by atoms with Crippen molar-refractivity contribution in [3.63, 3.8) is 0 Å². The van der Waals surface area contributed by atoms with Crippen LogP contribution in [0.25, 0.3) is 0 Å². The Morgan fingerprint density at radius 1 is 0.750 bits per heavy atom. The van der Waals surface area contributed by atoms with Crippen LogP contribution in [0.4, 0.5) is 8.78 Å². The molecule has 0 aliphatic carbocycles. The quantitative estimate of drug-likeness (QED) is 0.318. The minimum atomic E-state index is -0.284. The molecule has 0 bridgehead atoms. The molecule has 0 N–H and O–H groups in total. The summed E-state index contributed by atoms with van der Waals surface area (Å²) in [6.45, 7) is 0. The first-order valence-electron chi connectivity index (χ1n) is 6.92. The van der Waals surface area contributed by atoms with Crippen LogP contribution < -0.4 is 0 Å². The lowest BCUT2D eigenvalue weighted by Gasteiger charge is -2.07. The van der Waals surface area contributed by atoms with E-state index in [1.54, 1.807) is 12.1 Å². The molecule has 0 spiro atoms. The third-order valence-electron chi connectivity index (χ3n) is 2.88. The molecule has 0 radical (unpaired) electrons. The second-order valence-corrected chi connectivity index (χ2v) is 7.61. The zero-order chi connectivity index (χ0) is 16.9. The highest BCUT2D eigenvalue weighted by Crippen LogP contribution is 2.33. The minimum absolute atomic E-state index is 0.284. The van der Waals surface area contributed by atoms with Crippen molar-refractivity contribution in [3.05, 3.63) is 66.2 Å². The summed E-state index contributed by atoms with van der Waals surface area (Å²) in [5, 5.41) is 2.06. The van der Waals surface area contributed by atoms with Crippen LogP contribution in [-0.4, -0.2) is 16.2 Å². The van der Waals surface area contributed by atoms with E-state index in [9.17, 15) is 8.78 Å². The highest BCUT2D eigenvalue weighted by molar-refractivity contribution is 8.00. The fraction of sp³-hybridized carbons (Fsp3) is 0.0588. The largest absolute Gasteiger partial charge is 0.216 e. The maximum absolute atomic E-state index is 13.3. The molecule has 0 fully saturated rings. The molecule has 3 aromatic rings. The number of rotatable bonds is 5. The number of benzene rings is 2. The molecule has 0 saturated carbocycles. The zero-order valence-electron chi connectivity index (χ0n) is 12.6. The first kappa shape index (κ1) is 17.3. The van der Waals surface area contributed by atoms with E-state index in [1.807, 2.05) is 24.5 Å². The Bertz CT molecular complexity index is 793. The van der Waals surface area contributed by atoms with Crippen LogP contribution in [0.1, 0.15) is 0 Å². The summed E-state index contributed by atoms with van der Waals surface area (Å²) in [6, 6.07) is 14.5. The van der Waals surface area contributed by atoms with Gasteiger partial charge in [-0.1, -0.05) is 47.4 Å². The Hall–Kier alpha value is -1.57. The maximum Gasteiger partial charge on any atom is 0.189 e. The van der Waals surface area contributed by atoms with Gasteiger partial charge in [0, 0.05) is 15.9 Å². The molecule has 0 amide bonds. The van der Waals surface area contributed by atoms with Crippen molar-refractivity contribution in [2.45, 2.75) is 25.0 Å². The molecule has 0 atom stereocenters. The van der Waals surface area contributed by atoms with Gasteiger partial charge in [-0.3, -0.25) is 0 Å². The molecule has 2 aromatic carbocycles. The van der Waals surface area contributed by atoms with Crippen LogP contribution in [0.3, 0.4) is 0 Å². The summed E-state index contributed by atoms with van der Waals surface area (Å²) < 4.78 is 26.7. The van der Waals surface area contributed by atoms with Gasteiger partial charge in [-0.15, -0.1) is 0 Å². The van der Waals surface area contributed by atoms with Crippen molar-refractivity contribution in [2.24, 2.45) is 0 Å². The minimum Gasteiger partial charge on any atom is -0.216 e. The van der Waals surface area contributed by atoms with Crippen molar-refractivity contribution < 1.29 is 8.78 Å². The van der Waals surface area contributed by atoms with Crippen molar-refractivity contribution >= 4 is 35.3 Å². The zero-order valence-corrected chi connectivity index (χ0v) is 15.0. The average molecular weight is 378 g/mol. The number of hydrogen-bond acceptors (Lipinski definition) is 5. The number of nitrogens with zero attached hydrogens (tertiary/aromatic N) is 2. The SMILES string of the molecule is CSc1nc(Sc2cccc(F)c2)cc(Sc2cccc(F)c2)n1. The van der Waals surface area contributed by atoms with Crippen LogP contribution in [0.5, 0.6) is 0 Å². The molecule has 2 nitrogen and oxygen atoms in total. The average Bonchev–Trinajstić information content (AvgIpc) is 2.54. The molecule has 0 unspecified atom stereocenters. The van der Waals surface area contributed by atoms with E-state index in [0.29, 0.717) is 5.16 Å². The van der Waals surface area contributed by atoms with Crippen LogP contribution in [0.15, 0.2) is 79.6 Å². The Kier molecular flexibility index (Phi) is 5.76. The van der Waals surface area contributed by atoms with Crippen LogP contribution in [0.2, 0.25) is 0 Å². The van der Waals surface area contributed by atoms with Crippen molar-refractivity contribution in [3.8, 4) is 0 Å². The predicted molar refractivity (Wildman–Crippen MR) is 94.9 cm³/mol. The van der Waals surface area contributed by atoms with Gasteiger partial charge >= 0.3 is 0 Å². The normalized spacial score (nSPS) is 10.8. The van der Waals surface area contributed by atoms with Crippen molar-refractivity contribution in [1.82, 2.24) is 9.97 Å². The molecule has 24 heavy (non-hydrogen) atoms. The first-order chi connectivity index (χ1) is 11.6. The molecule has 1 aromatic heterocycles. The molecule has 0 aliphatic heterocycles. The van der Waals surface area contributed by atoms with E-state index in [1.165, 1.54) is 59.6 Å². The van der Waals surface area contributed by atoms with Crippen LogP contribution >= 0.6 is 35.3 Å². The lowest BCUT2D eigenvalue weighted by Crippen LogP contribution is -1.91. The molecule has 0 saturated heterocycles. The topological polar surface area (TPSA) is 25.8 Å². The van der Waals surface area contributed by atoms with Crippen LogP contribution in [-0.2, 0) is 0 Å². The van der Waals surface area contributed by atoms with Crippen molar-refractivity contribution in [1.29, 1.82) is 0 Å². The fourth-order valence-electron chi connectivity index (χ4n) is 1.88. The summed E-state index contributed by atoms with van der Waals surface area (Å²) in [5.74, 6) is -0.568. The number of halogens is 2. The number of aromatic nitrogens is 2. The van der Waals surface area contributed by atoms with Gasteiger partial charge in [0.1, 0.15) is 21.7 Å². The summed E-state index contributed by atoms with van der Waals surface area (Å²) >= 11 is 4.16. The van der Waals surface area contributed by atoms with Gasteiger partial charge in [0.05, 0.1) is 0 Å². The highest BCUT2D eigenvalue weighted by atomic mass is 32.2. The molecule has 3 rings (SSSR count).